The molecule has 27 heavy (non-hydrogen) atoms. The van der Waals surface area contributed by atoms with E-state index in [0.717, 1.165) is 10.5 Å². The number of hydrogen-bond acceptors (Lipinski definition) is 4. The Morgan fingerprint density at radius 2 is 1.78 bits per heavy atom. The normalized spacial score (nSPS) is 20.1. The van der Waals surface area contributed by atoms with Gasteiger partial charge in [-0.2, -0.15) is 0 Å². The van der Waals surface area contributed by atoms with Crippen molar-refractivity contribution < 1.29 is 24.2 Å². The lowest BCUT2D eigenvalue weighted by Gasteiger charge is -2.26. The molecule has 2 aromatic carbocycles. The van der Waals surface area contributed by atoms with Crippen LogP contribution in [0.1, 0.15) is 29.7 Å². The first-order valence-electron chi connectivity index (χ1n) is 8.59. The Kier molecular flexibility index (Phi) is 5.10. The molecular formula is C21H20FNO4. The molecule has 2 aromatic rings. The minimum absolute atomic E-state index is 0.0889. The van der Waals surface area contributed by atoms with Crippen molar-refractivity contribution in [2.24, 2.45) is 0 Å². The van der Waals surface area contributed by atoms with E-state index in [0.29, 0.717) is 5.56 Å². The van der Waals surface area contributed by atoms with Crippen molar-refractivity contribution in [1.82, 2.24) is 4.90 Å². The van der Waals surface area contributed by atoms with Crippen molar-refractivity contribution in [2.75, 3.05) is 6.54 Å². The second kappa shape index (κ2) is 7.32. The van der Waals surface area contributed by atoms with Crippen LogP contribution in [0.4, 0.5) is 4.39 Å². The predicted molar refractivity (Wildman–Crippen MR) is 98.3 cm³/mol. The van der Waals surface area contributed by atoms with Crippen LogP contribution in [0.3, 0.4) is 0 Å². The fourth-order valence-corrected chi connectivity index (χ4v) is 3.24. The molecule has 0 unspecified atom stereocenters. The Balaban J connectivity index is 2.21. The van der Waals surface area contributed by atoms with E-state index in [1.807, 2.05) is 6.92 Å². The molecule has 0 saturated carbocycles. The van der Waals surface area contributed by atoms with Gasteiger partial charge in [0.15, 0.2) is 0 Å². The second-order valence-electron chi connectivity index (χ2n) is 6.69. The number of aliphatic hydroxyl groups excluding tert-OH is 2. The third-order valence-corrected chi connectivity index (χ3v) is 4.53. The predicted octanol–water partition coefficient (Wildman–Crippen LogP) is 2.94. The number of ketones is 1. The third kappa shape index (κ3) is 3.48. The van der Waals surface area contributed by atoms with Crippen LogP contribution in [0.25, 0.3) is 5.76 Å². The molecule has 1 aliphatic heterocycles. The summed E-state index contributed by atoms with van der Waals surface area (Å²) < 4.78 is 14.5. The molecule has 140 valence electrons. The smallest absolute Gasteiger partial charge is 0.295 e. The third-order valence-electron chi connectivity index (χ3n) is 4.53. The van der Waals surface area contributed by atoms with Crippen LogP contribution in [0.2, 0.25) is 0 Å². The maximum Gasteiger partial charge on any atom is 0.295 e. The molecule has 3 rings (SSSR count). The zero-order valence-electron chi connectivity index (χ0n) is 15.0. The second-order valence-corrected chi connectivity index (χ2v) is 6.69. The van der Waals surface area contributed by atoms with Crippen LogP contribution in [0.15, 0.2) is 54.1 Å². The molecule has 0 radical (unpaired) electrons. The summed E-state index contributed by atoms with van der Waals surface area (Å²) in [6.07, 6.45) is -0.920. The van der Waals surface area contributed by atoms with E-state index in [9.17, 15) is 24.2 Å². The van der Waals surface area contributed by atoms with Crippen molar-refractivity contribution in [3.8, 4) is 0 Å². The molecule has 5 nitrogen and oxygen atoms in total. The minimum atomic E-state index is -1.11. The van der Waals surface area contributed by atoms with Gasteiger partial charge in [-0.1, -0.05) is 48.0 Å². The first-order valence-corrected chi connectivity index (χ1v) is 8.59. The van der Waals surface area contributed by atoms with Gasteiger partial charge in [0, 0.05) is 17.7 Å². The van der Waals surface area contributed by atoms with Gasteiger partial charge in [-0.05, 0) is 19.9 Å². The molecule has 2 N–H and O–H groups in total. The molecule has 1 amide bonds. The molecule has 1 saturated heterocycles. The summed E-state index contributed by atoms with van der Waals surface area (Å²) in [4.78, 5) is 26.3. The van der Waals surface area contributed by atoms with Crippen LogP contribution in [-0.4, -0.2) is 39.5 Å². The molecular weight excluding hydrogens is 349 g/mol. The highest BCUT2D eigenvalue weighted by Crippen LogP contribution is 2.40. The highest BCUT2D eigenvalue weighted by Gasteiger charge is 2.47. The molecule has 1 aliphatic rings. The van der Waals surface area contributed by atoms with Gasteiger partial charge in [-0.3, -0.25) is 9.59 Å². The summed E-state index contributed by atoms with van der Waals surface area (Å²) in [5, 5.41) is 20.5. The lowest BCUT2D eigenvalue weighted by Crippen LogP contribution is -2.35. The van der Waals surface area contributed by atoms with E-state index in [4.69, 9.17) is 0 Å². The van der Waals surface area contributed by atoms with Crippen molar-refractivity contribution in [3.63, 3.8) is 0 Å². The lowest BCUT2D eigenvalue weighted by molar-refractivity contribution is -0.140. The quantitative estimate of drug-likeness (QED) is 0.493. The van der Waals surface area contributed by atoms with E-state index in [1.165, 1.54) is 25.1 Å². The Bertz CT molecular complexity index is 918. The summed E-state index contributed by atoms with van der Waals surface area (Å²) in [6.45, 7) is 3.19. The summed E-state index contributed by atoms with van der Waals surface area (Å²) >= 11 is 0. The van der Waals surface area contributed by atoms with Crippen molar-refractivity contribution in [3.05, 3.63) is 76.6 Å². The maximum absolute atomic E-state index is 14.5. The van der Waals surface area contributed by atoms with Gasteiger partial charge in [0.25, 0.3) is 11.7 Å². The largest absolute Gasteiger partial charge is 0.507 e. The van der Waals surface area contributed by atoms with Crippen LogP contribution in [-0.2, 0) is 9.59 Å². The molecule has 1 heterocycles. The molecule has 6 heteroatoms. The molecule has 1 fully saturated rings. The maximum atomic E-state index is 14.5. The van der Waals surface area contributed by atoms with Gasteiger partial charge in [0.1, 0.15) is 11.6 Å². The average Bonchev–Trinajstić information content (AvgIpc) is 2.86. The van der Waals surface area contributed by atoms with E-state index in [-0.39, 0.29) is 23.4 Å². The molecule has 0 aliphatic carbocycles. The van der Waals surface area contributed by atoms with Gasteiger partial charge < -0.3 is 15.1 Å². The van der Waals surface area contributed by atoms with E-state index < -0.39 is 29.7 Å². The minimum Gasteiger partial charge on any atom is -0.507 e. The van der Waals surface area contributed by atoms with E-state index >= 15 is 0 Å². The SMILES string of the molecule is Cc1ccc(C(O)=C2C(=O)C(=O)N(C[C@H](C)O)[C@@H]2c2ccccc2F)cc1. The number of hydrogen-bond donors (Lipinski definition) is 2. The monoisotopic (exact) mass is 369 g/mol. The Hall–Kier alpha value is -2.99. The number of benzene rings is 2. The Morgan fingerprint density at radius 1 is 1.15 bits per heavy atom. The van der Waals surface area contributed by atoms with Gasteiger partial charge in [-0.15, -0.1) is 0 Å². The summed E-state index contributed by atoms with van der Waals surface area (Å²) in [7, 11) is 0. The van der Waals surface area contributed by atoms with Gasteiger partial charge in [0.2, 0.25) is 0 Å². The average molecular weight is 369 g/mol. The number of carbonyl (C=O) groups is 2. The number of Topliss-reactive ketones (excluding diaryl/α,β-unsaturated/α-hetero) is 1. The molecule has 2 atom stereocenters. The topological polar surface area (TPSA) is 77.8 Å². The number of nitrogens with zero attached hydrogens (tertiary/aromatic N) is 1. The molecule has 0 spiro atoms. The van der Waals surface area contributed by atoms with E-state index in [1.54, 1.807) is 30.3 Å². The highest BCUT2D eigenvalue weighted by molar-refractivity contribution is 6.46. The van der Waals surface area contributed by atoms with Gasteiger partial charge >= 0.3 is 0 Å². The zero-order chi connectivity index (χ0) is 19.7. The molecule has 0 bridgehead atoms. The number of halogens is 1. The van der Waals surface area contributed by atoms with Crippen LogP contribution in [0.5, 0.6) is 0 Å². The summed E-state index contributed by atoms with van der Waals surface area (Å²) in [5.41, 5.74) is 1.23. The summed E-state index contributed by atoms with van der Waals surface area (Å²) in [5.74, 6) is -2.75. The zero-order valence-corrected chi connectivity index (χ0v) is 15.0. The summed E-state index contributed by atoms with van der Waals surface area (Å²) in [6, 6.07) is 11.5. The Labute approximate surface area is 156 Å². The van der Waals surface area contributed by atoms with Crippen molar-refractivity contribution >= 4 is 17.4 Å². The number of amides is 1. The number of likely N-dealkylation sites (tertiary alicyclic amines) is 1. The number of β-amino-alcohol motifs (C(OH)–C–C–N with tert-alkyl or cyclic N) is 1. The number of rotatable bonds is 4. The number of aryl methyl sites for hydroxylation is 1. The first-order chi connectivity index (χ1) is 12.8. The first kappa shape index (κ1) is 18.8. The fourth-order valence-electron chi connectivity index (χ4n) is 3.24. The number of carbonyl (C=O) groups excluding carboxylic acids is 2. The highest BCUT2D eigenvalue weighted by atomic mass is 19.1. The Morgan fingerprint density at radius 3 is 2.37 bits per heavy atom. The lowest BCUT2D eigenvalue weighted by atomic mass is 9.94. The fraction of sp³-hybridized carbons (Fsp3) is 0.238. The van der Waals surface area contributed by atoms with Crippen LogP contribution in [0, 0.1) is 12.7 Å². The standard InChI is InChI=1S/C21H20FNO4/c1-12-7-9-14(10-8-12)19(25)17-18(15-5-3-4-6-16(15)22)23(11-13(2)24)21(27)20(17)26/h3-10,13,18,24-25H,11H2,1-2H3/t13-,18+/m0/s1. The molecule has 0 aromatic heterocycles. The van der Waals surface area contributed by atoms with Crippen molar-refractivity contribution in [2.45, 2.75) is 26.0 Å². The van der Waals surface area contributed by atoms with E-state index in [2.05, 4.69) is 0 Å². The van der Waals surface area contributed by atoms with Gasteiger partial charge in [0.05, 0.1) is 17.7 Å². The van der Waals surface area contributed by atoms with Crippen LogP contribution < -0.4 is 0 Å². The number of aliphatic hydroxyl groups is 2. The van der Waals surface area contributed by atoms with Crippen LogP contribution >= 0.6 is 0 Å². The van der Waals surface area contributed by atoms with Gasteiger partial charge in [-0.25, -0.2) is 4.39 Å². The van der Waals surface area contributed by atoms with Crippen molar-refractivity contribution in [1.29, 1.82) is 0 Å².